The maximum absolute atomic E-state index is 8.73. The minimum atomic E-state index is 0.404. The van der Waals surface area contributed by atoms with E-state index in [9.17, 15) is 0 Å². The number of hydrogen-bond donors (Lipinski definition) is 1. The summed E-state index contributed by atoms with van der Waals surface area (Å²) >= 11 is 0. The first-order valence-electron chi connectivity index (χ1n) is 5.44. The fourth-order valence-corrected chi connectivity index (χ4v) is 1.72. The number of aromatic nitrogens is 1. The molecule has 0 spiro atoms. The van der Waals surface area contributed by atoms with E-state index in [-0.39, 0.29) is 0 Å². The fraction of sp³-hybridized carbons (Fsp3) is 0.308. The molecule has 0 fully saturated rings. The van der Waals surface area contributed by atoms with Gasteiger partial charge in [-0.3, -0.25) is 0 Å². The number of H-pyrrole nitrogens is 1. The van der Waals surface area contributed by atoms with Gasteiger partial charge in [0.05, 0.1) is 19.1 Å². The van der Waals surface area contributed by atoms with Gasteiger partial charge in [-0.05, 0) is 23.8 Å². The molecule has 4 heteroatoms. The summed E-state index contributed by atoms with van der Waals surface area (Å²) in [5.41, 5.74) is 2.02. The highest BCUT2D eigenvalue weighted by atomic mass is 16.5. The Kier molecular flexibility index (Phi) is 3.63. The Hall–Kier alpha value is -1.99. The van der Waals surface area contributed by atoms with E-state index in [4.69, 9.17) is 14.7 Å². The van der Waals surface area contributed by atoms with Gasteiger partial charge in [-0.25, -0.2) is 0 Å². The molecule has 1 heterocycles. The topological polar surface area (TPSA) is 58.0 Å². The molecule has 2 rings (SSSR count). The summed E-state index contributed by atoms with van der Waals surface area (Å²) < 4.78 is 10.5. The molecule has 2 aromatic rings. The van der Waals surface area contributed by atoms with Gasteiger partial charge in [-0.2, -0.15) is 5.26 Å². The third kappa shape index (κ3) is 2.58. The first-order valence-corrected chi connectivity index (χ1v) is 5.44. The summed E-state index contributed by atoms with van der Waals surface area (Å²) in [7, 11) is 1.64. The van der Waals surface area contributed by atoms with Crippen LogP contribution in [0.1, 0.15) is 5.56 Å². The van der Waals surface area contributed by atoms with Crippen LogP contribution in [0, 0.1) is 11.3 Å². The molecule has 1 aromatic carbocycles. The largest absolute Gasteiger partial charge is 0.491 e. The van der Waals surface area contributed by atoms with Crippen molar-refractivity contribution in [1.82, 2.24) is 4.98 Å². The van der Waals surface area contributed by atoms with Crippen LogP contribution >= 0.6 is 0 Å². The van der Waals surface area contributed by atoms with Crippen LogP contribution in [0.2, 0.25) is 0 Å². The first-order chi connectivity index (χ1) is 8.35. The van der Waals surface area contributed by atoms with Gasteiger partial charge >= 0.3 is 0 Å². The number of fused-ring (bicyclic) bond motifs is 1. The van der Waals surface area contributed by atoms with Crippen molar-refractivity contribution in [3.63, 3.8) is 0 Å². The van der Waals surface area contributed by atoms with Gasteiger partial charge in [-0.15, -0.1) is 0 Å². The van der Waals surface area contributed by atoms with Gasteiger partial charge in [0.25, 0.3) is 0 Å². The molecule has 1 N–H and O–H groups in total. The predicted molar refractivity (Wildman–Crippen MR) is 65.0 cm³/mol. The summed E-state index contributed by atoms with van der Waals surface area (Å²) in [5.74, 6) is 0.799. The summed E-state index contributed by atoms with van der Waals surface area (Å²) in [4.78, 5) is 3.14. The van der Waals surface area contributed by atoms with Gasteiger partial charge in [0, 0.05) is 24.2 Å². The highest BCUT2D eigenvalue weighted by molar-refractivity contribution is 5.84. The normalized spacial score (nSPS) is 10.4. The van der Waals surface area contributed by atoms with E-state index in [0.29, 0.717) is 19.6 Å². The highest BCUT2D eigenvalue weighted by Crippen LogP contribution is 2.23. The third-order valence-electron chi connectivity index (χ3n) is 2.56. The number of aromatic amines is 1. The second-order valence-corrected chi connectivity index (χ2v) is 3.70. The molecule has 0 radical (unpaired) electrons. The van der Waals surface area contributed by atoms with Gasteiger partial charge < -0.3 is 14.5 Å². The number of nitrogens with zero attached hydrogens (tertiary/aromatic N) is 1. The molecule has 88 valence electrons. The summed E-state index contributed by atoms with van der Waals surface area (Å²) in [6.45, 7) is 1.09. The zero-order valence-electron chi connectivity index (χ0n) is 9.69. The lowest BCUT2D eigenvalue weighted by molar-refractivity contribution is 0.146. The Balaban J connectivity index is 2.22. The number of ether oxygens (including phenoxy) is 2. The van der Waals surface area contributed by atoms with E-state index < -0.39 is 0 Å². The molecule has 0 atom stereocenters. The van der Waals surface area contributed by atoms with Crippen LogP contribution in [0.25, 0.3) is 10.9 Å². The van der Waals surface area contributed by atoms with Crippen LogP contribution in [-0.4, -0.2) is 25.3 Å². The van der Waals surface area contributed by atoms with E-state index in [1.54, 1.807) is 7.11 Å². The third-order valence-corrected chi connectivity index (χ3v) is 2.56. The summed E-state index contributed by atoms with van der Waals surface area (Å²) in [6.07, 6.45) is 2.27. The number of rotatable bonds is 5. The van der Waals surface area contributed by atoms with Gasteiger partial charge in [-0.1, -0.05) is 0 Å². The fourth-order valence-electron chi connectivity index (χ4n) is 1.72. The molecule has 0 bridgehead atoms. The Morgan fingerprint density at radius 3 is 3.00 bits per heavy atom. The first kappa shape index (κ1) is 11.5. The lowest BCUT2D eigenvalue weighted by Crippen LogP contribution is -2.03. The van der Waals surface area contributed by atoms with Crippen LogP contribution in [0.15, 0.2) is 24.4 Å². The standard InChI is InChI=1S/C13H14N2O2/c1-16-6-7-17-11-2-3-13-12(8-11)10(4-5-14)9-15-13/h2-3,8-9,15H,4,6-7H2,1H3. The molecule has 17 heavy (non-hydrogen) atoms. The molecule has 0 unspecified atom stereocenters. The zero-order chi connectivity index (χ0) is 12.1. The molecule has 0 aliphatic rings. The Morgan fingerprint density at radius 2 is 2.24 bits per heavy atom. The SMILES string of the molecule is COCCOc1ccc2[nH]cc(CC#N)c2c1. The molecule has 4 nitrogen and oxygen atoms in total. The van der Waals surface area contributed by atoms with Crippen LogP contribution in [0.3, 0.4) is 0 Å². The van der Waals surface area contributed by atoms with Crippen LogP contribution < -0.4 is 4.74 Å². The second-order valence-electron chi connectivity index (χ2n) is 3.70. The zero-order valence-corrected chi connectivity index (χ0v) is 9.69. The van der Waals surface area contributed by atoms with E-state index in [1.807, 2.05) is 24.4 Å². The molecule has 0 aliphatic carbocycles. The quantitative estimate of drug-likeness (QED) is 0.801. The van der Waals surface area contributed by atoms with Gasteiger partial charge in [0.15, 0.2) is 0 Å². The number of nitriles is 1. The monoisotopic (exact) mass is 230 g/mol. The van der Waals surface area contributed by atoms with Crippen molar-refractivity contribution in [2.24, 2.45) is 0 Å². The average molecular weight is 230 g/mol. The predicted octanol–water partition coefficient (Wildman–Crippen LogP) is 2.26. The smallest absolute Gasteiger partial charge is 0.120 e. The second kappa shape index (κ2) is 5.37. The Bertz CT molecular complexity index is 540. The maximum Gasteiger partial charge on any atom is 0.120 e. The number of methoxy groups -OCH3 is 1. The van der Waals surface area contributed by atoms with E-state index in [1.165, 1.54) is 0 Å². The van der Waals surface area contributed by atoms with Crippen molar-refractivity contribution in [3.8, 4) is 11.8 Å². The number of benzene rings is 1. The van der Waals surface area contributed by atoms with Crippen molar-refractivity contribution in [1.29, 1.82) is 5.26 Å². The molecular weight excluding hydrogens is 216 g/mol. The van der Waals surface area contributed by atoms with Crippen molar-refractivity contribution in [2.45, 2.75) is 6.42 Å². The average Bonchev–Trinajstić information content (AvgIpc) is 2.73. The van der Waals surface area contributed by atoms with Gasteiger partial charge in [0.1, 0.15) is 12.4 Å². The minimum absolute atomic E-state index is 0.404. The summed E-state index contributed by atoms with van der Waals surface area (Å²) in [6, 6.07) is 7.97. The Labute approximate surface area is 99.8 Å². The highest BCUT2D eigenvalue weighted by Gasteiger charge is 2.04. The van der Waals surface area contributed by atoms with Crippen molar-refractivity contribution in [2.75, 3.05) is 20.3 Å². The van der Waals surface area contributed by atoms with Crippen molar-refractivity contribution >= 4 is 10.9 Å². The molecule has 1 aromatic heterocycles. The van der Waals surface area contributed by atoms with E-state index in [2.05, 4.69) is 11.1 Å². The molecule has 0 aliphatic heterocycles. The lowest BCUT2D eigenvalue weighted by Gasteiger charge is -2.05. The number of hydrogen-bond acceptors (Lipinski definition) is 3. The minimum Gasteiger partial charge on any atom is -0.491 e. The number of nitrogens with one attached hydrogen (secondary N) is 1. The Morgan fingerprint density at radius 1 is 1.35 bits per heavy atom. The molecule has 0 amide bonds. The lowest BCUT2D eigenvalue weighted by atomic mass is 10.1. The van der Waals surface area contributed by atoms with Crippen LogP contribution in [0.5, 0.6) is 5.75 Å². The molecule has 0 saturated heterocycles. The van der Waals surface area contributed by atoms with Crippen molar-refractivity contribution < 1.29 is 9.47 Å². The van der Waals surface area contributed by atoms with E-state index in [0.717, 1.165) is 22.2 Å². The van der Waals surface area contributed by atoms with Crippen LogP contribution in [0.4, 0.5) is 0 Å². The van der Waals surface area contributed by atoms with Crippen LogP contribution in [-0.2, 0) is 11.2 Å². The maximum atomic E-state index is 8.73. The molecule has 0 saturated carbocycles. The molecular formula is C13H14N2O2. The van der Waals surface area contributed by atoms with E-state index >= 15 is 0 Å². The summed E-state index contributed by atoms with van der Waals surface area (Å²) in [5, 5.41) is 9.77. The van der Waals surface area contributed by atoms with Gasteiger partial charge in [0.2, 0.25) is 0 Å². The van der Waals surface area contributed by atoms with Crippen molar-refractivity contribution in [3.05, 3.63) is 30.0 Å².